The van der Waals surface area contributed by atoms with Crippen LogP contribution in [-0.4, -0.2) is 18.5 Å². The molecular formula is C25H21F3NO4-. The van der Waals surface area contributed by atoms with Crippen molar-refractivity contribution in [3.05, 3.63) is 99.9 Å². The van der Waals surface area contributed by atoms with Crippen LogP contribution in [0.25, 0.3) is 6.08 Å². The number of rotatable bonds is 6. The first-order chi connectivity index (χ1) is 15.6. The number of benzene rings is 2. The lowest BCUT2D eigenvalue weighted by Crippen LogP contribution is -2.37. The molecule has 33 heavy (non-hydrogen) atoms. The van der Waals surface area contributed by atoms with E-state index in [1.54, 1.807) is 12.2 Å². The first-order valence-corrected chi connectivity index (χ1v) is 10.1. The molecule has 172 valence electrons. The minimum Gasteiger partial charge on any atom is -0.545 e. The van der Waals surface area contributed by atoms with E-state index in [9.17, 15) is 27.9 Å². The summed E-state index contributed by atoms with van der Waals surface area (Å²) < 4.78 is 45.1. The van der Waals surface area contributed by atoms with Crippen LogP contribution in [0.4, 0.5) is 13.2 Å². The molecule has 1 aliphatic heterocycles. The SMILES string of the molecule is CC1=C(C(=O)[O-])C(c2cccc(C(F)(F)F)c2)C(C(=O)OCC=Cc2ccccc2)=C(C)N1. The highest BCUT2D eigenvalue weighted by Gasteiger charge is 2.36. The lowest BCUT2D eigenvalue weighted by molar-refractivity contribution is -0.299. The molecule has 3 rings (SSSR count). The average molecular weight is 456 g/mol. The molecule has 8 heteroatoms. The lowest BCUT2D eigenvalue weighted by Gasteiger charge is -2.32. The van der Waals surface area contributed by atoms with E-state index in [1.165, 1.54) is 26.0 Å². The fraction of sp³-hybridized carbons (Fsp3) is 0.200. The third-order valence-electron chi connectivity index (χ3n) is 5.17. The third-order valence-corrected chi connectivity index (χ3v) is 5.17. The molecular weight excluding hydrogens is 435 g/mol. The highest BCUT2D eigenvalue weighted by atomic mass is 19.4. The van der Waals surface area contributed by atoms with E-state index in [2.05, 4.69) is 5.32 Å². The second kappa shape index (κ2) is 9.77. The second-order valence-corrected chi connectivity index (χ2v) is 7.46. The number of esters is 1. The fourth-order valence-corrected chi connectivity index (χ4v) is 3.71. The van der Waals surface area contributed by atoms with Crippen molar-refractivity contribution in [3.63, 3.8) is 0 Å². The molecule has 0 fully saturated rings. The van der Waals surface area contributed by atoms with Gasteiger partial charge in [0, 0.05) is 22.9 Å². The van der Waals surface area contributed by atoms with Crippen LogP contribution in [0, 0.1) is 0 Å². The van der Waals surface area contributed by atoms with E-state index >= 15 is 0 Å². The minimum atomic E-state index is -4.63. The summed E-state index contributed by atoms with van der Waals surface area (Å²) >= 11 is 0. The number of alkyl halides is 3. The molecule has 0 bridgehead atoms. The smallest absolute Gasteiger partial charge is 0.416 e. The summed E-state index contributed by atoms with van der Waals surface area (Å²) in [7, 11) is 0. The van der Waals surface area contributed by atoms with E-state index in [0.29, 0.717) is 0 Å². The molecule has 0 aromatic heterocycles. The number of carboxylic acid groups (broad SMARTS) is 1. The van der Waals surface area contributed by atoms with Gasteiger partial charge in [0.05, 0.1) is 17.1 Å². The van der Waals surface area contributed by atoms with Crippen molar-refractivity contribution in [2.75, 3.05) is 6.61 Å². The normalized spacial score (nSPS) is 16.7. The van der Waals surface area contributed by atoms with Gasteiger partial charge in [-0.15, -0.1) is 0 Å². The van der Waals surface area contributed by atoms with Crippen molar-refractivity contribution in [1.29, 1.82) is 0 Å². The van der Waals surface area contributed by atoms with Gasteiger partial charge in [-0.25, -0.2) is 4.79 Å². The average Bonchev–Trinajstić information content (AvgIpc) is 2.76. The Morgan fingerprint density at radius 3 is 2.33 bits per heavy atom. The summed E-state index contributed by atoms with van der Waals surface area (Å²) in [6.07, 6.45) is -1.28. The number of allylic oxidation sites excluding steroid dienone is 2. The number of hydrogen-bond acceptors (Lipinski definition) is 5. The van der Waals surface area contributed by atoms with Gasteiger partial charge in [-0.05, 0) is 37.1 Å². The van der Waals surface area contributed by atoms with Gasteiger partial charge in [0.1, 0.15) is 6.61 Å². The molecule has 1 N–H and O–H groups in total. The van der Waals surface area contributed by atoms with Crippen molar-refractivity contribution in [3.8, 4) is 0 Å². The highest BCUT2D eigenvalue weighted by Crippen LogP contribution is 2.40. The Balaban J connectivity index is 1.94. The number of halogens is 3. The van der Waals surface area contributed by atoms with Crippen molar-refractivity contribution in [1.82, 2.24) is 5.32 Å². The van der Waals surface area contributed by atoms with Gasteiger partial charge in [-0.2, -0.15) is 13.2 Å². The fourth-order valence-electron chi connectivity index (χ4n) is 3.71. The first-order valence-electron chi connectivity index (χ1n) is 10.1. The van der Waals surface area contributed by atoms with Crippen LogP contribution in [0.5, 0.6) is 0 Å². The van der Waals surface area contributed by atoms with Gasteiger partial charge in [-0.3, -0.25) is 0 Å². The zero-order valence-corrected chi connectivity index (χ0v) is 17.9. The highest BCUT2D eigenvalue weighted by molar-refractivity contribution is 5.98. The summed E-state index contributed by atoms with van der Waals surface area (Å²) in [5.74, 6) is -3.72. The number of dihydropyridines is 1. The number of ether oxygens (including phenoxy) is 1. The minimum absolute atomic E-state index is 0.00370. The topological polar surface area (TPSA) is 78.5 Å². The molecule has 1 unspecified atom stereocenters. The standard InChI is InChI=1S/C25H22F3NO4/c1-15-20(23(30)31)22(18-11-6-12-19(14-18)25(26,27)28)21(16(2)29-15)24(32)33-13-7-10-17-8-4-3-5-9-17/h3-12,14,22,29H,13H2,1-2H3,(H,30,31)/p-1. The molecule has 0 spiro atoms. The van der Waals surface area contributed by atoms with Crippen molar-refractivity contribution >= 4 is 18.0 Å². The van der Waals surface area contributed by atoms with Crippen LogP contribution in [-0.2, 0) is 20.5 Å². The van der Waals surface area contributed by atoms with E-state index in [0.717, 1.165) is 17.7 Å². The maximum Gasteiger partial charge on any atom is 0.416 e. The second-order valence-electron chi connectivity index (χ2n) is 7.46. The lowest BCUT2D eigenvalue weighted by atomic mass is 9.80. The molecule has 2 aromatic carbocycles. The van der Waals surface area contributed by atoms with Crippen LogP contribution < -0.4 is 10.4 Å². The Bertz CT molecular complexity index is 1150. The largest absolute Gasteiger partial charge is 0.545 e. The Morgan fingerprint density at radius 2 is 1.70 bits per heavy atom. The van der Waals surface area contributed by atoms with Crippen LogP contribution in [0.3, 0.4) is 0 Å². The van der Waals surface area contributed by atoms with Crippen LogP contribution in [0.15, 0.2) is 83.2 Å². The molecule has 1 heterocycles. The Kier molecular flexibility index (Phi) is 7.06. The molecule has 1 aliphatic rings. The van der Waals surface area contributed by atoms with Crippen LogP contribution in [0.1, 0.15) is 36.5 Å². The number of carboxylic acids is 1. The van der Waals surface area contributed by atoms with E-state index in [4.69, 9.17) is 4.74 Å². The van der Waals surface area contributed by atoms with E-state index in [1.807, 2.05) is 30.3 Å². The van der Waals surface area contributed by atoms with E-state index in [-0.39, 0.29) is 34.7 Å². The maximum atomic E-state index is 13.3. The molecule has 1 atom stereocenters. The first kappa shape index (κ1) is 23.8. The van der Waals surface area contributed by atoms with Crippen molar-refractivity contribution in [2.24, 2.45) is 0 Å². The molecule has 2 aromatic rings. The Labute approximate surface area is 188 Å². The van der Waals surface area contributed by atoms with Gasteiger partial charge < -0.3 is 20.0 Å². The maximum absolute atomic E-state index is 13.3. The number of hydrogen-bond donors (Lipinski definition) is 1. The molecule has 0 saturated heterocycles. The predicted octanol–water partition coefficient (Wildman–Crippen LogP) is 3.95. The summed E-state index contributed by atoms with van der Waals surface area (Å²) in [5.41, 5.74) is -0.0182. The van der Waals surface area contributed by atoms with Crippen LogP contribution in [0.2, 0.25) is 0 Å². The molecule has 0 aliphatic carbocycles. The van der Waals surface area contributed by atoms with Crippen LogP contribution >= 0.6 is 0 Å². The summed E-state index contributed by atoms with van der Waals surface area (Å²) in [6.45, 7) is 2.88. The number of aliphatic carboxylic acids is 1. The van der Waals surface area contributed by atoms with Gasteiger partial charge >= 0.3 is 12.1 Å². The molecule has 0 saturated carbocycles. The van der Waals surface area contributed by atoms with Gasteiger partial charge in [0.15, 0.2) is 0 Å². The number of carbonyl (C=O) groups is 2. The molecule has 0 amide bonds. The summed E-state index contributed by atoms with van der Waals surface area (Å²) in [4.78, 5) is 24.9. The summed E-state index contributed by atoms with van der Waals surface area (Å²) in [6, 6.07) is 13.5. The number of nitrogens with one attached hydrogen (secondary N) is 1. The third kappa shape index (κ3) is 5.52. The molecule has 5 nitrogen and oxygen atoms in total. The zero-order chi connectivity index (χ0) is 24.2. The van der Waals surface area contributed by atoms with Gasteiger partial charge in [-0.1, -0.05) is 54.6 Å². The molecule has 0 radical (unpaired) electrons. The predicted molar refractivity (Wildman–Crippen MR) is 114 cm³/mol. The van der Waals surface area contributed by atoms with E-state index < -0.39 is 29.6 Å². The van der Waals surface area contributed by atoms with Gasteiger partial charge in [0.25, 0.3) is 0 Å². The zero-order valence-electron chi connectivity index (χ0n) is 17.9. The Hall–Kier alpha value is -3.81. The van der Waals surface area contributed by atoms with Gasteiger partial charge in [0.2, 0.25) is 0 Å². The quantitative estimate of drug-likeness (QED) is 0.666. The van der Waals surface area contributed by atoms with Crippen molar-refractivity contribution in [2.45, 2.75) is 25.9 Å². The van der Waals surface area contributed by atoms with Crippen molar-refractivity contribution < 1.29 is 32.6 Å². The number of carbonyl (C=O) groups excluding carboxylic acids is 2. The Morgan fingerprint density at radius 1 is 1.03 bits per heavy atom. The monoisotopic (exact) mass is 456 g/mol. The summed E-state index contributed by atoms with van der Waals surface area (Å²) in [5, 5.41) is 14.7.